The summed E-state index contributed by atoms with van der Waals surface area (Å²) in [7, 11) is -3.36. The Labute approximate surface area is 178 Å². The molecule has 1 aromatic heterocycles. The maximum absolute atomic E-state index is 12.4. The molecule has 5 rings (SSSR count). The van der Waals surface area contributed by atoms with E-state index in [4.69, 9.17) is 0 Å². The maximum atomic E-state index is 12.4. The van der Waals surface area contributed by atoms with Gasteiger partial charge in [0.05, 0.1) is 21.7 Å². The summed E-state index contributed by atoms with van der Waals surface area (Å²) in [4.78, 5) is 17.0. The molecule has 0 aliphatic heterocycles. The molecule has 1 heterocycles. The normalized spacial score (nSPS) is 13.2. The number of carbonyl (C=O) groups is 1. The van der Waals surface area contributed by atoms with Gasteiger partial charge in [0, 0.05) is 11.8 Å². The maximum Gasteiger partial charge on any atom is 0.227 e. The summed E-state index contributed by atoms with van der Waals surface area (Å²) < 4.78 is 25.7. The number of rotatable bonds is 6. The highest BCUT2D eigenvalue weighted by Gasteiger charge is 2.20. The monoisotopic (exact) mass is 436 g/mol. The number of hydrogen-bond donors (Lipinski definition) is 1. The van der Waals surface area contributed by atoms with Crippen molar-refractivity contribution in [3.05, 3.63) is 71.3 Å². The Kier molecular flexibility index (Phi) is 4.79. The van der Waals surface area contributed by atoms with Gasteiger partial charge in [0.2, 0.25) is 5.91 Å². The zero-order valence-corrected chi connectivity index (χ0v) is 17.9. The van der Waals surface area contributed by atoms with Crippen LogP contribution in [0, 0.1) is 0 Å². The first kappa shape index (κ1) is 19.2. The van der Waals surface area contributed by atoms with E-state index >= 15 is 0 Å². The molecule has 0 bridgehead atoms. The van der Waals surface area contributed by atoms with Crippen molar-refractivity contribution in [1.29, 1.82) is 0 Å². The van der Waals surface area contributed by atoms with E-state index in [1.165, 1.54) is 27.8 Å². The topological polar surface area (TPSA) is 76.1 Å². The minimum Gasteiger partial charge on any atom is -0.302 e. The molecule has 4 aromatic rings. The molecule has 1 amide bonds. The van der Waals surface area contributed by atoms with Gasteiger partial charge in [-0.3, -0.25) is 4.79 Å². The zero-order chi connectivity index (χ0) is 20.7. The number of nitrogens with one attached hydrogen (secondary N) is 1. The second-order valence-corrected chi connectivity index (χ2v) is 10.8. The van der Waals surface area contributed by atoms with Crippen molar-refractivity contribution in [2.75, 3.05) is 11.1 Å². The van der Waals surface area contributed by atoms with E-state index in [1.807, 2.05) is 18.2 Å². The smallest absolute Gasteiger partial charge is 0.227 e. The van der Waals surface area contributed by atoms with Gasteiger partial charge >= 0.3 is 0 Å². The molecule has 1 aliphatic carbocycles. The van der Waals surface area contributed by atoms with Crippen LogP contribution < -0.4 is 5.32 Å². The van der Waals surface area contributed by atoms with Crippen LogP contribution in [0.2, 0.25) is 0 Å². The highest BCUT2D eigenvalue weighted by atomic mass is 32.2. The van der Waals surface area contributed by atoms with Crippen LogP contribution >= 0.6 is 11.3 Å². The van der Waals surface area contributed by atoms with Crippen LogP contribution in [0.5, 0.6) is 0 Å². The third kappa shape index (κ3) is 3.70. The van der Waals surface area contributed by atoms with E-state index in [-0.39, 0.29) is 23.8 Å². The number of benzene rings is 3. The lowest BCUT2D eigenvalue weighted by Crippen LogP contribution is -2.18. The van der Waals surface area contributed by atoms with Crippen LogP contribution in [-0.4, -0.2) is 25.1 Å². The second-order valence-electron chi connectivity index (χ2n) is 7.62. The average molecular weight is 437 g/mol. The summed E-state index contributed by atoms with van der Waals surface area (Å²) in [6, 6.07) is 17.5. The lowest BCUT2D eigenvalue weighted by atomic mass is 10.0. The summed E-state index contributed by atoms with van der Waals surface area (Å²) in [6.07, 6.45) is 2.01. The largest absolute Gasteiger partial charge is 0.302 e. The number of aromatic nitrogens is 1. The predicted octanol–water partition coefficient (Wildman–Crippen LogP) is 4.49. The molecular formula is C23H20N2O3S2. The van der Waals surface area contributed by atoms with Crippen molar-refractivity contribution >= 4 is 53.2 Å². The van der Waals surface area contributed by atoms with Gasteiger partial charge in [-0.25, -0.2) is 13.4 Å². The van der Waals surface area contributed by atoms with Crippen molar-refractivity contribution in [2.24, 2.45) is 0 Å². The lowest BCUT2D eigenvalue weighted by Gasteiger charge is -2.05. The number of amides is 1. The standard InChI is InChI=1S/C23H20N2O3S2/c26-20(11-12-30(27,28)14-15-5-2-1-3-6-15)24-23-25-22-18-8-4-7-16-9-10-17(21(16)18)13-19(22)29-23/h1-8,13H,9-12,14H2,(H,24,25,26). The SMILES string of the molecule is O=C(CCS(=O)(=O)Cc1ccccc1)Nc1nc2c(cc3c4c(cccc42)CC3)s1. The van der Waals surface area contributed by atoms with Crippen molar-refractivity contribution in [3.8, 4) is 0 Å². The third-order valence-electron chi connectivity index (χ3n) is 5.47. The molecule has 30 heavy (non-hydrogen) atoms. The Morgan fingerprint density at radius 3 is 2.67 bits per heavy atom. The predicted molar refractivity (Wildman–Crippen MR) is 122 cm³/mol. The number of anilines is 1. The highest BCUT2D eigenvalue weighted by Crippen LogP contribution is 2.39. The van der Waals surface area contributed by atoms with E-state index < -0.39 is 9.84 Å². The van der Waals surface area contributed by atoms with Crippen LogP contribution in [-0.2, 0) is 33.2 Å². The lowest BCUT2D eigenvalue weighted by molar-refractivity contribution is -0.115. The van der Waals surface area contributed by atoms with E-state index in [1.54, 1.807) is 12.1 Å². The van der Waals surface area contributed by atoms with Gasteiger partial charge in [0.1, 0.15) is 0 Å². The number of hydrogen-bond acceptors (Lipinski definition) is 5. The van der Waals surface area contributed by atoms with Gasteiger partial charge in [0.25, 0.3) is 0 Å². The molecule has 0 saturated heterocycles. The van der Waals surface area contributed by atoms with Gasteiger partial charge in [-0.15, -0.1) is 0 Å². The van der Waals surface area contributed by atoms with Crippen molar-refractivity contribution in [2.45, 2.75) is 25.0 Å². The minimum absolute atomic E-state index is 0.0562. The third-order valence-corrected chi connectivity index (χ3v) is 7.98. The van der Waals surface area contributed by atoms with Gasteiger partial charge in [-0.1, -0.05) is 59.9 Å². The molecule has 5 nitrogen and oxygen atoms in total. The fourth-order valence-corrected chi connectivity index (χ4v) is 6.39. The van der Waals surface area contributed by atoms with Crippen LogP contribution in [0.3, 0.4) is 0 Å². The molecule has 0 spiro atoms. The fraction of sp³-hybridized carbons (Fsp3) is 0.217. The Morgan fingerprint density at radius 2 is 1.83 bits per heavy atom. The molecule has 0 unspecified atom stereocenters. The van der Waals surface area contributed by atoms with Gasteiger partial charge in [0.15, 0.2) is 15.0 Å². The molecule has 152 valence electrons. The average Bonchev–Trinajstić information content (AvgIpc) is 3.32. The van der Waals surface area contributed by atoms with Gasteiger partial charge in [-0.05, 0) is 41.0 Å². The first-order chi connectivity index (χ1) is 14.5. The number of aryl methyl sites for hydroxylation is 2. The van der Waals surface area contributed by atoms with E-state index in [0.717, 1.165) is 34.0 Å². The number of thiazole rings is 1. The van der Waals surface area contributed by atoms with Crippen molar-refractivity contribution in [3.63, 3.8) is 0 Å². The number of nitrogens with zero attached hydrogens (tertiary/aromatic N) is 1. The molecule has 3 aromatic carbocycles. The van der Waals surface area contributed by atoms with E-state index in [2.05, 4.69) is 34.6 Å². The van der Waals surface area contributed by atoms with Gasteiger partial charge in [-0.2, -0.15) is 0 Å². The molecule has 7 heteroatoms. The molecule has 0 radical (unpaired) electrons. The van der Waals surface area contributed by atoms with E-state index in [0.29, 0.717) is 5.13 Å². The fourth-order valence-electron chi connectivity index (χ4n) is 4.09. The first-order valence-corrected chi connectivity index (χ1v) is 12.5. The Balaban J connectivity index is 1.31. The molecule has 1 N–H and O–H groups in total. The van der Waals surface area contributed by atoms with Crippen molar-refractivity contribution < 1.29 is 13.2 Å². The first-order valence-electron chi connectivity index (χ1n) is 9.87. The molecule has 1 aliphatic rings. The number of carbonyl (C=O) groups excluding carboxylic acids is 1. The minimum atomic E-state index is -3.36. The quantitative estimate of drug-likeness (QED) is 0.483. The van der Waals surface area contributed by atoms with Crippen LogP contribution in [0.25, 0.3) is 21.0 Å². The molecular weight excluding hydrogens is 416 g/mol. The summed E-state index contributed by atoms with van der Waals surface area (Å²) in [6.45, 7) is 0. The van der Waals surface area contributed by atoms with Crippen molar-refractivity contribution in [1.82, 2.24) is 4.98 Å². The summed E-state index contributed by atoms with van der Waals surface area (Å²) in [5.41, 5.74) is 4.32. The Bertz CT molecular complexity index is 1380. The summed E-state index contributed by atoms with van der Waals surface area (Å²) >= 11 is 1.44. The zero-order valence-electron chi connectivity index (χ0n) is 16.2. The molecule has 0 fully saturated rings. The number of sulfone groups is 1. The Morgan fingerprint density at radius 1 is 1.03 bits per heavy atom. The molecule has 0 saturated carbocycles. The Hall–Kier alpha value is -2.77. The van der Waals surface area contributed by atoms with E-state index in [9.17, 15) is 13.2 Å². The second kappa shape index (κ2) is 7.49. The molecule has 0 atom stereocenters. The van der Waals surface area contributed by atoms with Crippen LogP contribution in [0.1, 0.15) is 23.1 Å². The highest BCUT2D eigenvalue weighted by molar-refractivity contribution is 7.90. The van der Waals surface area contributed by atoms with Crippen LogP contribution in [0.4, 0.5) is 5.13 Å². The number of fused-ring (bicyclic) bond motifs is 2. The summed E-state index contributed by atoms with van der Waals surface area (Å²) in [5.74, 6) is -0.572. The summed E-state index contributed by atoms with van der Waals surface area (Å²) in [5, 5.41) is 5.72. The van der Waals surface area contributed by atoms with Gasteiger partial charge < -0.3 is 5.32 Å². The van der Waals surface area contributed by atoms with Crippen LogP contribution in [0.15, 0.2) is 54.6 Å².